The molecular formula is C8H12ClNO2S2. The summed E-state index contributed by atoms with van der Waals surface area (Å²) in [5.74, 6) is 0.101. The predicted molar refractivity (Wildman–Crippen MR) is 58.9 cm³/mol. The molecule has 14 heavy (non-hydrogen) atoms. The molecule has 0 aliphatic rings. The number of alkyl halides is 1. The van der Waals surface area contributed by atoms with Crippen molar-refractivity contribution in [1.82, 2.24) is 4.98 Å². The minimum atomic E-state index is -3.30. The molecule has 1 heterocycles. The average molecular weight is 254 g/mol. The van der Waals surface area contributed by atoms with Crippen molar-refractivity contribution in [3.8, 4) is 0 Å². The van der Waals surface area contributed by atoms with Gasteiger partial charge in [0.05, 0.1) is 10.9 Å². The van der Waals surface area contributed by atoms with Crippen LogP contribution >= 0.6 is 22.9 Å². The number of hydrogen-bond donors (Lipinski definition) is 0. The van der Waals surface area contributed by atoms with E-state index >= 15 is 0 Å². The molecule has 0 saturated carbocycles. The third kappa shape index (κ3) is 2.27. The number of thiazole rings is 1. The van der Waals surface area contributed by atoms with Crippen LogP contribution in [-0.2, 0) is 16.3 Å². The van der Waals surface area contributed by atoms with Gasteiger partial charge in [0, 0.05) is 11.3 Å². The quantitative estimate of drug-likeness (QED) is 0.772. The summed E-state index contributed by atoms with van der Waals surface area (Å²) in [7, 11) is -3.30. The second-order valence-corrected chi connectivity index (χ2v) is 6.67. The Labute approximate surface area is 93.0 Å². The van der Waals surface area contributed by atoms with Crippen LogP contribution in [0.15, 0.2) is 9.72 Å². The van der Waals surface area contributed by atoms with Crippen LogP contribution in [-0.4, -0.2) is 24.5 Å². The van der Waals surface area contributed by atoms with Crippen molar-refractivity contribution in [3.63, 3.8) is 0 Å². The van der Waals surface area contributed by atoms with Crippen molar-refractivity contribution in [3.05, 3.63) is 11.1 Å². The van der Waals surface area contributed by atoms with Gasteiger partial charge in [0.2, 0.25) is 14.2 Å². The Bertz CT molecular complexity index is 399. The molecule has 0 radical (unpaired) electrons. The molecular weight excluding hydrogens is 242 g/mol. The van der Waals surface area contributed by atoms with Crippen LogP contribution in [0.1, 0.15) is 19.5 Å². The largest absolute Gasteiger partial charge is 0.230 e. The van der Waals surface area contributed by atoms with Gasteiger partial charge in [0.25, 0.3) is 0 Å². The fraction of sp³-hybridized carbons (Fsp3) is 0.625. The molecule has 1 aromatic heterocycles. The van der Waals surface area contributed by atoms with E-state index in [0.29, 0.717) is 0 Å². The lowest BCUT2D eigenvalue weighted by Gasteiger charge is -2.05. The molecule has 0 saturated heterocycles. The lowest BCUT2D eigenvalue weighted by atomic mass is 10.4. The summed E-state index contributed by atoms with van der Waals surface area (Å²) in [6.07, 6.45) is 0.751. The molecule has 1 atom stereocenters. The third-order valence-electron chi connectivity index (χ3n) is 1.88. The number of sulfone groups is 1. The van der Waals surface area contributed by atoms with Gasteiger partial charge in [-0.25, -0.2) is 13.4 Å². The summed E-state index contributed by atoms with van der Waals surface area (Å²) in [5, 5.41) is 1.20. The number of nitrogens with zero attached hydrogens (tertiary/aromatic N) is 1. The van der Waals surface area contributed by atoms with Gasteiger partial charge < -0.3 is 0 Å². The lowest BCUT2D eigenvalue weighted by molar-refractivity contribution is 0.586. The van der Waals surface area contributed by atoms with Crippen LogP contribution in [0.5, 0.6) is 0 Å². The maximum absolute atomic E-state index is 11.8. The fourth-order valence-corrected chi connectivity index (χ4v) is 3.89. The lowest BCUT2D eigenvalue weighted by Crippen LogP contribution is -2.19. The smallest absolute Gasteiger partial charge is 0.209 e. The molecule has 80 valence electrons. The standard InChI is InChI=1S/C8H12ClNO2S2/c1-3-7-5-13-8(10-7)14(11,12)6(2)4-9/h5-6H,3-4H2,1-2H3. The SMILES string of the molecule is CCc1csc(S(=O)(=O)C(C)CCl)n1. The van der Waals surface area contributed by atoms with Crippen molar-refractivity contribution in [2.45, 2.75) is 29.9 Å². The number of aryl methyl sites for hydroxylation is 1. The van der Waals surface area contributed by atoms with E-state index in [-0.39, 0.29) is 10.2 Å². The summed E-state index contributed by atoms with van der Waals surface area (Å²) in [6, 6.07) is 0. The maximum atomic E-state index is 11.8. The molecule has 6 heteroatoms. The zero-order valence-corrected chi connectivity index (χ0v) is 10.4. The number of hydrogen-bond acceptors (Lipinski definition) is 4. The van der Waals surface area contributed by atoms with E-state index < -0.39 is 15.1 Å². The Kier molecular flexibility index (Phi) is 3.92. The molecule has 1 unspecified atom stereocenters. The van der Waals surface area contributed by atoms with Gasteiger partial charge in [0.15, 0.2) is 0 Å². The summed E-state index contributed by atoms with van der Waals surface area (Å²) < 4.78 is 23.7. The second-order valence-electron chi connectivity index (χ2n) is 2.97. The minimum absolute atomic E-state index is 0.101. The normalized spacial score (nSPS) is 14.2. The van der Waals surface area contributed by atoms with Gasteiger partial charge in [-0.3, -0.25) is 0 Å². The van der Waals surface area contributed by atoms with E-state index in [4.69, 9.17) is 11.6 Å². The first-order valence-corrected chi connectivity index (χ1v) is 7.22. The van der Waals surface area contributed by atoms with E-state index in [1.807, 2.05) is 6.92 Å². The van der Waals surface area contributed by atoms with Crippen molar-refractivity contribution in [1.29, 1.82) is 0 Å². The number of rotatable bonds is 4. The fourth-order valence-electron chi connectivity index (χ4n) is 0.836. The second kappa shape index (κ2) is 4.59. The van der Waals surface area contributed by atoms with Crippen LogP contribution in [0.2, 0.25) is 0 Å². The minimum Gasteiger partial charge on any atom is -0.230 e. The maximum Gasteiger partial charge on any atom is 0.209 e. The Hall–Kier alpha value is -0.130. The monoisotopic (exact) mass is 253 g/mol. The molecule has 0 spiro atoms. The number of halogens is 1. The highest BCUT2D eigenvalue weighted by molar-refractivity contribution is 7.94. The van der Waals surface area contributed by atoms with Crippen molar-refractivity contribution in [2.24, 2.45) is 0 Å². The molecule has 1 aromatic rings. The molecule has 3 nitrogen and oxygen atoms in total. The van der Waals surface area contributed by atoms with Gasteiger partial charge in [-0.2, -0.15) is 0 Å². The molecule has 0 amide bonds. The van der Waals surface area contributed by atoms with Crippen molar-refractivity contribution < 1.29 is 8.42 Å². The summed E-state index contributed by atoms with van der Waals surface area (Å²) in [4.78, 5) is 4.04. The Balaban J connectivity index is 3.04. The van der Waals surface area contributed by atoms with E-state index in [2.05, 4.69) is 4.98 Å². The average Bonchev–Trinajstić information content (AvgIpc) is 2.65. The molecule has 0 aromatic carbocycles. The molecule has 0 aliphatic heterocycles. The Morgan fingerprint density at radius 3 is 2.71 bits per heavy atom. The molecule has 0 fully saturated rings. The van der Waals surface area contributed by atoms with Gasteiger partial charge in [0.1, 0.15) is 0 Å². The summed E-state index contributed by atoms with van der Waals surface area (Å²) in [5.41, 5.74) is 0.815. The van der Waals surface area contributed by atoms with Crippen LogP contribution in [0.3, 0.4) is 0 Å². The number of aromatic nitrogens is 1. The van der Waals surface area contributed by atoms with Gasteiger partial charge in [-0.1, -0.05) is 6.92 Å². The van der Waals surface area contributed by atoms with Gasteiger partial charge in [-0.15, -0.1) is 22.9 Å². The molecule has 0 N–H and O–H groups in total. The highest BCUT2D eigenvalue weighted by Crippen LogP contribution is 2.21. The third-order valence-corrected chi connectivity index (χ3v) is 6.00. The van der Waals surface area contributed by atoms with Crippen LogP contribution in [0, 0.1) is 0 Å². The zero-order valence-electron chi connectivity index (χ0n) is 8.03. The predicted octanol–water partition coefficient (Wildman–Crippen LogP) is 2.11. The zero-order chi connectivity index (χ0) is 10.8. The molecule has 1 rings (SSSR count). The van der Waals surface area contributed by atoms with Crippen LogP contribution in [0.4, 0.5) is 0 Å². The molecule has 0 aliphatic carbocycles. The Morgan fingerprint density at radius 1 is 1.64 bits per heavy atom. The van der Waals surface area contributed by atoms with Crippen LogP contribution < -0.4 is 0 Å². The van der Waals surface area contributed by atoms with Gasteiger partial charge >= 0.3 is 0 Å². The first kappa shape index (κ1) is 11.9. The van der Waals surface area contributed by atoms with Crippen molar-refractivity contribution >= 4 is 32.8 Å². The van der Waals surface area contributed by atoms with Crippen molar-refractivity contribution in [2.75, 3.05) is 5.88 Å². The highest BCUT2D eigenvalue weighted by atomic mass is 35.5. The summed E-state index contributed by atoms with van der Waals surface area (Å²) >= 11 is 6.69. The topological polar surface area (TPSA) is 47.0 Å². The van der Waals surface area contributed by atoms with E-state index in [9.17, 15) is 8.42 Å². The van der Waals surface area contributed by atoms with Crippen LogP contribution in [0.25, 0.3) is 0 Å². The highest BCUT2D eigenvalue weighted by Gasteiger charge is 2.25. The Morgan fingerprint density at radius 2 is 2.29 bits per heavy atom. The van der Waals surface area contributed by atoms with E-state index in [0.717, 1.165) is 12.1 Å². The molecule has 0 bridgehead atoms. The first-order chi connectivity index (χ1) is 6.52. The summed E-state index contributed by atoms with van der Waals surface area (Å²) in [6.45, 7) is 3.53. The first-order valence-electron chi connectivity index (χ1n) is 4.26. The van der Waals surface area contributed by atoms with Gasteiger partial charge in [-0.05, 0) is 13.3 Å². The van der Waals surface area contributed by atoms with E-state index in [1.165, 1.54) is 11.3 Å². The van der Waals surface area contributed by atoms with E-state index in [1.54, 1.807) is 12.3 Å².